The van der Waals surface area contributed by atoms with Gasteiger partial charge >= 0.3 is 0 Å². The maximum atomic E-state index is 13.6. The molecule has 14 heteroatoms. The molecule has 0 aromatic heterocycles. The summed E-state index contributed by atoms with van der Waals surface area (Å²) in [5.41, 5.74) is 2.60. The number of amides is 2. The van der Waals surface area contributed by atoms with Gasteiger partial charge in [0.2, 0.25) is 11.8 Å². The summed E-state index contributed by atoms with van der Waals surface area (Å²) in [6.07, 6.45) is 5.49. The fourth-order valence-corrected chi connectivity index (χ4v) is 11.0. The molecule has 2 amide bonds. The summed E-state index contributed by atoms with van der Waals surface area (Å²) in [4.78, 5) is 30.6. The first-order valence-corrected chi connectivity index (χ1v) is 23.2. The second-order valence-corrected chi connectivity index (χ2v) is 20.4. The topological polar surface area (TPSA) is 160 Å². The number of halogens is 1. The SMILES string of the molecule is CN1C=C(c2cc(C(C)(C)O)ccc2Oc2ccc(CCOC3CCN(C4NCC(C(=O)NC5C(C)(C)C(Oc6ccc(C#N)c(Cl)c6)C5(C)C)CN4)CC3)cc2)C2CCNC2C1=O. The molecule has 342 valence electrons. The first-order chi connectivity index (χ1) is 30.4. The van der Waals surface area contributed by atoms with Gasteiger partial charge in [-0.3, -0.25) is 25.1 Å². The van der Waals surface area contributed by atoms with Crippen molar-refractivity contribution in [3.05, 3.63) is 94.1 Å². The van der Waals surface area contributed by atoms with Crippen molar-refractivity contribution in [3.8, 4) is 23.3 Å². The van der Waals surface area contributed by atoms with E-state index in [9.17, 15) is 20.0 Å². The lowest BCUT2D eigenvalue weighted by Crippen LogP contribution is -2.75. The van der Waals surface area contributed by atoms with Gasteiger partial charge in [-0.2, -0.15) is 5.26 Å². The van der Waals surface area contributed by atoms with E-state index in [1.165, 1.54) is 0 Å². The van der Waals surface area contributed by atoms with E-state index in [1.807, 2.05) is 36.5 Å². The van der Waals surface area contributed by atoms with Crippen LogP contribution < -0.4 is 30.7 Å². The Balaban J connectivity index is 0.770. The van der Waals surface area contributed by atoms with Gasteiger partial charge in [0, 0.05) is 73.8 Å². The zero-order valence-corrected chi connectivity index (χ0v) is 38.9. The van der Waals surface area contributed by atoms with Gasteiger partial charge < -0.3 is 34.9 Å². The van der Waals surface area contributed by atoms with Gasteiger partial charge in [0.1, 0.15) is 35.7 Å². The summed E-state index contributed by atoms with van der Waals surface area (Å²) < 4.78 is 19.3. The normalized spacial score (nSPS) is 26.9. The molecular formula is C50H64ClN7O6. The minimum atomic E-state index is -1.03. The number of carbonyl (C=O) groups is 2. The zero-order valence-electron chi connectivity index (χ0n) is 38.2. The quantitative estimate of drug-likeness (QED) is 0.134. The molecule has 8 rings (SSSR count). The number of likely N-dealkylation sites (tertiary alicyclic amines) is 1. The predicted octanol–water partition coefficient (Wildman–Crippen LogP) is 6.14. The molecule has 0 spiro atoms. The number of carbonyl (C=O) groups excluding carboxylic acids is 2. The number of hydrogen-bond donors (Lipinski definition) is 5. The number of aliphatic hydroxyl groups is 1. The minimum absolute atomic E-state index is 0.0106. The van der Waals surface area contributed by atoms with Crippen LogP contribution in [-0.2, 0) is 26.3 Å². The third-order valence-corrected chi connectivity index (χ3v) is 14.5. The maximum absolute atomic E-state index is 13.6. The lowest BCUT2D eigenvalue weighted by molar-refractivity contribution is -0.174. The highest BCUT2D eigenvalue weighted by atomic mass is 35.5. The molecule has 3 saturated heterocycles. The van der Waals surface area contributed by atoms with Gasteiger partial charge in [-0.25, -0.2) is 0 Å². The number of fused-ring (bicyclic) bond motifs is 1. The zero-order chi connectivity index (χ0) is 45.6. The largest absolute Gasteiger partial charge is 0.489 e. The number of piperidine rings is 1. The number of likely N-dealkylation sites (N-methyl/N-ethyl adjacent to an activating group) is 1. The molecule has 4 aliphatic heterocycles. The van der Waals surface area contributed by atoms with E-state index in [4.69, 9.17) is 25.8 Å². The van der Waals surface area contributed by atoms with E-state index in [1.54, 1.807) is 44.0 Å². The second kappa shape index (κ2) is 18.4. The van der Waals surface area contributed by atoms with E-state index in [-0.39, 0.29) is 65.1 Å². The van der Waals surface area contributed by atoms with Crippen molar-refractivity contribution >= 4 is 29.0 Å². The molecule has 13 nitrogen and oxygen atoms in total. The Labute approximate surface area is 382 Å². The molecule has 4 fully saturated rings. The Hall–Kier alpha value is -4.52. The predicted molar refractivity (Wildman–Crippen MR) is 246 cm³/mol. The number of nitrogens with one attached hydrogen (secondary N) is 4. The lowest BCUT2D eigenvalue weighted by Gasteiger charge is -2.63. The summed E-state index contributed by atoms with van der Waals surface area (Å²) in [7, 11) is 1.79. The third kappa shape index (κ3) is 9.43. The highest BCUT2D eigenvalue weighted by molar-refractivity contribution is 6.31. The van der Waals surface area contributed by atoms with Crippen molar-refractivity contribution in [3.63, 3.8) is 0 Å². The van der Waals surface area contributed by atoms with Gasteiger partial charge in [-0.15, -0.1) is 0 Å². The average molecular weight is 895 g/mol. The van der Waals surface area contributed by atoms with Gasteiger partial charge in [0.05, 0.1) is 40.9 Å². The smallest absolute Gasteiger partial charge is 0.244 e. The Bertz CT molecular complexity index is 2250. The van der Waals surface area contributed by atoms with Gasteiger partial charge in [-0.1, -0.05) is 57.5 Å². The van der Waals surface area contributed by atoms with E-state index in [0.29, 0.717) is 47.5 Å². The minimum Gasteiger partial charge on any atom is -0.489 e. The van der Waals surface area contributed by atoms with Gasteiger partial charge in [-0.05, 0) is 99.2 Å². The molecule has 2 atom stereocenters. The van der Waals surface area contributed by atoms with Crippen LogP contribution >= 0.6 is 11.6 Å². The number of ether oxygens (including phenoxy) is 3. The number of nitrogens with zero attached hydrogens (tertiary/aromatic N) is 3. The highest BCUT2D eigenvalue weighted by Gasteiger charge is 2.64. The number of nitriles is 1. The van der Waals surface area contributed by atoms with Crippen molar-refractivity contribution in [1.29, 1.82) is 5.26 Å². The molecule has 5 N–H and O–H groups in total. The summed E-state index contributed by atoms with van der Waals surface area (Å²) in [6.45, 7) is 16.4. The van der Waals surface area contributed by atoms with Crippen LogP contribution in [0.3, 0.4) is 0 Å². The Morgan fingerprint density at radius 1 is 0.969 bits per heavy atom. The van der Waals surface area contributed by atoms with Gasteiger partial charge in [0.15, 0.2) is 0 Å². The van der Waals surface area contributed by atoms with Crippen LogP contribution in [-0.4, -0.2) is 104 Å². The van der Waals surface area contributed by atoms with Crippen LogP contribution in [0.2, 0.25) is 5.02 Å². The second-order valence-electron chi connectivity index (χ2n) is 20.0. The van der Waals surface area contributed by atoms with Crippen molar-refractivity contribution in [2.75, 3.05) is 46.4 Å². The molecule has 64 heavy (non-hydrogen) atoms. The van der Waals surface area contributed by atoms with E-state index >= 15 is 0 Å². The molecule has 4 heterocycles. The van der Waals surface area contributed by atoms with Crippen molar-refractivity contribution in [2.24, 2.45) is 22.7 Å². The van der Waals surface area contributed by atoms with Crippen LogP contribution in [0.4, 0.5) is 0 Å². The maximum Gasteiger partial charge on any atom is 0.244 e. The Morgan fingerprint density at radius 3 is 2.31 bits per heavy atom. The number of rotatable bonds is 13. The fraction of sp³-hybridized carbons (Fsp3) is 0.540. The van der Waals surface area contributed by atoms with Crippen LogP contribution in [0.25, 0.3) is 5.57 Å². The molecular weight excluding hydrogens is 830 g/mol. The molecule has 1 saturated carbocycles. The van der Waals surface area contributed by atoms with E-state index in [0.717, 1.165) is 67.6 Å². The molecule has 2 unspecified atom stereocenters. The van der Waals surface area contributed by atoms with Crippen molar-refractivity contribution < 1.29 is 28.9 Å². The van der Waals surface area contributed by atoms with Crippen LogP contribution in [0.15, 0.2) is 66.9 Å². The Morgan fingerprint density at radius 2 is 1.66 bits per heavy atom. The highest BCUT2D eigenvalue weighted by Crippen LogP contribution is 2.55. The number of hydrogen-bond acceptors (Lipinski definition) is 11. The molecule has 0 radical (unpaired) electrons. The molecule has 5 aliphatic rings. The van der Waals surface area contributed by atoms with Crippen molar-refractivity contribution in [2.45, 2.75) is 103 Å². The lowest BCUT2D eigenvalue weighted by atomic mass is 9.49. The van der Waals surface area contributed by atoms with Gasteiger partial charge in [0.25, 0.3) is 0 Å². The summed E-state index contributed by atoms with van der Waals surface area (Å²) in [5.74, 6) is 1.95. The Kier molecular flexibility index (Phi) is 13.2. The monoisotopic (exact) mass is 893 g/mol. The van der Waals surface area contributed by atoms with Crippen molar-refractivity contribution in [1.82, 2.24) is 31.1 Å². The molecule has 3 aromatic carbocycles. The van der Waals surface area contributed by atoms with E-state index < -0.39 is 5.60 Å². The molecule has 3 aromatic rings. The van der Waals surface area contributed by atoms with Crippen LogP contribution in [0.1, 0.15) is 83.1 Å². The van der Waals surface area contributed by atoms with Crippen LogP contribution in [0, 0.1) is 34.0 Å². The van der Waals surface area contributed by atoms with E-state index in [2.05, 4.69) is 72.1 Å². The number of benzene rings is 3. The standard InChI is InChI=1S/C50H64ClN7O6/c1-48(2)45(49(3,4)46(48)64-36-14-10-31(26-52)40(51)25-36)56-43(59)32-27-54-47(55-28-32)58-21-17-34(18-22-58)62-23-19-30-8-12-35(13-9-30)63-41-15-11-33(50(5,6)61)24-38(41)39-29-57(7)44(60)42-37(39)16-20-53-42/h8-15,24-25,29,32,34,37,42,45-47,53-55,61H,16-23,27-28H2,1-7H3,(H,56,59). The third-order valence-electron chi connectivity index (χ3n) is 14.2. The molecule has 0 bridgehead atoms. The summed E-state index contributed by atoms with van der Waals surface area (Å²) >= 11 is 6.27. The summed E-state index contributed by atoms with van der Waals surface area (Å²) in [6, 6.07) is 20.8. The molecule has 1 aliphatic carbocycles. The summed E-state index contributed by atoms with van der Waals surface area (Å²) in [5, 5.41) is 34.4. The van der Waals surface area contributed by atoms with Crippen LogP contribution in [0.5, 0.6) is 17.2 Å². The first-order valence-electron chi connectivity index (χ1n) is 22.8. The average Bonchev–Trinajstić information content (AvgIpc) is 3.77. The fourth-order valence-electron chi connectivity index (χ4n) is 10.8. The first kappa shape index (κ1) is 46.0.